The fourth-order valence-electron chi connectivity index (χ4n) is 3.08. The Balaban J connectivity index is 2.37. The smallest absolute Gasteiger partial charge is 0.137 e. The highest BCUT2D eigenvalue weighted by atomic mass is 16.5. The van der Waals surface area contributed by atoms with Crippen LogP contribution < -0.4 is 9.47 Å². The maximum absolute atomic E-state index is 12.3. The van der Waals surface area contributed by atoms with Crippen LogP contribution in [-0.2, 0) is 4.79 Å². The highest BCUT2D eigenvalue weighted by Gasteiger charge is 2.27. The number of carbonyl (C=O) groups excluding carboxylic acids is 1. The van der Waals surface area contributed by atoms with Crippen molar-refractivity contribution in [3.63, 3.8) is 0 Å². The van der Waals surface area contributed by atoms with Crippen LogP contribution in [0.4, 0.5) is 0 Å². The van der Waals surface area contributed by atoms with Gasteiger partial charge in [0.1, 0.15) is 17.3 Å². The zero-order chi connectivity index (χ0) is 16.8. The molecule has 3 nitrogen and oxygen atoms in total. The van der Waals surface area contributed by atoms with E-state index in [2.05, 4.69) is 6.92 Å². The highest BCUT2D eigenvalue weighted by Crippen LogP contribution is 2.37. The monoisotopic (exact) mass is 312 g/mol. The molecule has 3 heteroatoms. The van der Waals surface area contributed by atoms with E-state index in [1.165, 1.54) is 0 Å². The van der Waals surface area contributed by atoms with Crippen molar-refractivity contribution in [1.29, 1.82) is 0 Å². The number of hydrogen-bond donors (Lipinski definition) is 0. The summed E-state index contributed by atoms with van der Waals surface area (Å²) in [5.41, 5.74) is 2.19. The first kappa shape index (κ1) is 17.1. The minimum atomic E-state index is -0.153. The van der Waals surface area contributed by atoms with Crippen molar-refractivity contribution in [2.24, 2.45) is 0 Å². The van der Waals surface area contributed by atoms with Crippen LogP contribution in [0.25, 0.3) is 0 Å². The molecule has 0 N–H and O–H groups in total. The molecule has 0 amide bonds. The van der Waals surface area contributed by atoms with Crippen molar-refractivity contribution in [3.05, 3.63) is 59.7 Å². The molecule has 2 rings (SSSR count). The summed E-state index contributed by atoms with van der Waals surface area (Å²) in [7, 11) is 3.30. The van der Waals surface area contributed by atoms with Crippen molar-refractivity contribution in [2.75, 3.05) is 14.2 Å². The Labute approximate surface area is 138 Å². The lowest BCUT2D eigenvalue weighted by Gasteiger charge is -2.25. The van der Waals surface area contributed by atoms with E-state index in [1.54, 1.807) is 21.1 Å². The van der Waals surface area contributed by atoms with Crippen LogP contribution >= 0.6 is 0 Å². The van der Waals surface area contributed by atoms with Gasteiger partial charge in [-0.2, -0.15) is 0 Å². The Hall–Kier alpha value is -2.29. The Kier molecular flexibility index (Phi) is 5.80. The van der Waals surface area contributed by atoms with E-state index < -0.39 is 0 Å². The Bertz CT molecular complexity index is 629. The van der Waals surface area contributed by atoms with Gasteiger partial charge in [0.2, 0.25) is 0 Å². The quantitative estimate of drug-likeness (QED) is 0.751. The zero-order valence-electron chi connectivity index (χ0n) is 14.2. The van der Waals surface area contributed by atoms with Gasteiger partial charge in [0.25, 0.3) is 0 Å². The van der Waals surface area contributed by atoms with Crippen LogP contribution in [-0.4, -0.2) is 20.0 Å². The molecular weight excluding hydrogens is 288 g/mol. The van der Waals surface area contributed by atoms with Crippen LogP contribution in [0.15, 0.2) is 48.5 Å². The molecule has 0 saturated heterocycles. The molecule has 0 saturated carbocycles. The van der Waals surface area contributed by atoms with Crippen molar-refractivity contribution in [1.82, 2.24) is 0 Å². The molecule has 2 aromatic rings. The summed E-state index contributed by atoms with van der Waals surface area (Å²) >= 11 is 0. The summed E-state index contributed by atoms with van der Waals surface area (Å²) in [5, 5.41) is 0. The highest BCUT2D eigenvalue weighted by molar-refractivity contribution is 5.84. The third kappa shape index (κ3) is 3.92. The number of methoxy groups -OCH3 is 2. The first-order chi connectivity index (χ1) is 11.1. The molecule has 0 heterocycles. The second kappa shape index (κ2) is 7.82. The molecule has 0 spiro atoms. The van der Waals surface area contributed by atoms with E-state index in [9.17, 15) is 4.79 Å². The first-order valence-corrected chi connectivity index (χ1v) is 7.89. The molecule has 0 radical (unpaired) electrons. The molecule has 0 aliphatic rings. The van der Waals surface area contributed by atoms with Crippen molar-refractivity contribution in [3.8, 4) is 11.5 Å². The standard InChI is InChI=1S/C20H24O3/c1-5-19(15-6-10-17(22-3)11-7-15)20(14(2)21)16-8-12-18(23-4)13-9-16/h6-13,19-20H,5H2,1-4H3/t19-,20+/m1/s1. The molecule has 2 aromatic carbocycles. The van der Waals surface area contributed by atoms with Gasteiger partial charge in [0, 0.05) is 5.92 Å². The predicted octanol–water partition coefficient (Wildman–Crippen LogP) is 4.57. The number of ether oxygens (including phenoxy) is 2. The summed E-state index contributed by atoms with van der Waals surface area (Å²) in [5.74, 6) is 1.80. The van der Waals surface area contributed by atoms with Gasteiger partial charge in [-0.25, -0.2) is 0 Å². The lowest BCUT2D eigenvalue weighted by atomic mass is 9.78. The number of ketones is 1. The van der Waals surface area contributed by atoms with Crippen molar-refractivity contribution >= 4 is 5.78 Å². The van der Waals surface area contributed by atoms with Gasteiger partial charge in [-0.15, -0.1) is 0 Å². The third-order valence-corrected chi connectivity index (χ3v) is 4.30. The van der Waals surface area contributed by atoms with Crippen LogP contribution in [0.3, 0.4) is 0 Å². The van der Waals surface area contributed by atoms with E-state index >= 15 is 0 Å². The van der Waals surface area contributed by atoms with E-state index in [1.807, 2.05) is 48.5 Å². The molecule has 0 fully saturated rings. The van der Waals surface area contributed by atoms with E-state index in [0.717, 1.165) is 29.0 Å². The maximum atomic E-state index is 12.3. The number of Topliss-reactive ketones (excluding diaryl/α,β-unsaturated/α-hetero) is 1. The summed E-state index contributed by atoms with van der Waals surface area (Å²) in [6, 6.07) is 15.8. The summed E-state index contributed by atoms with van der Waals surface area (Å²) in [6.07, 6.45) is 0.891. The summed E-state index contributed by atoms with van der Waals surface area (Å²) < 4.78 is 10.4. The van der Waals surface area contributed by atoms with Crippen molar-refractivity contribution < 1.29 is 14.3 Å². The van der Waals surface area contributed by atoms with Gasteiger partial charge in [-0.3, -0.25) is 4.79 Å². The largest absolute Gasteiger partial charge is 0.497 e. The summed E-state index contributed by atoms with van der Waals surface area (Å²) in [6.45, 7) is 3.79. The molecular formula is C20H24O3. The fourth-order valence-corrected chi connectivity index (χ4v) is 3.08. The lowest BCUT2D eigenvalue weighted by Crippen LogP contribution is -2.18. The van der Waals surface area contributed by atoms with Gasteiger partial charge in [-0.05, 0) is 54.7 Å². The Morgan fingerprint density at radius 1 is 0.870 bits per heavy atom. The minimum absolute atomic E-state index is 0.145. The minimum Gasteiger partial charge on any atom is -0.497 e. The molecule has 0 unspecified atom stereocenters. The van der Waals surface area contributed by atoms with Crippen LogP contribution in [0.5, 0.6) is 11.5 Å². The molecule has 122 valence electrons. The molecule has 0 bridgehead atoms. The van der Waals surface area contributed by atoms with E-state index in [0.29, 0.717) is 0 Å². The first-order valence-electron chi connectivity index (χ1n) is 7.89. The maximum Gasteiger partial charge on any atom is 0.137 e. The second-order valence-corrected chi connectivity index (χ2v) is 5.65. The Morgan fingerprint density at radius 2 is 1.30 bits per heavy atom. The molecule has 2 atom stereocenters. The average molecular weight is 312 g/mol. The van der Waals surface area contributed by atoms with Crippen molar-refractivity contribution in [2.45, 2.75) is 32.1 Å². The van der Waals surface area contributed by atoms with Crippen LogP contribution in [0.1, 0.15) is 43.2 Å². The SMILES string of the molecule is CC[C@H](c1ccc(OC)cc1)[C@@H](C(C)=O)c1ccc(OC)cc1. The number of benzene rings is 2. The van der Waals surface area contributed by atoms with Gasteiger partial charge in [0.05, 0.1) is 14.2 Å². The van der Waals surface area contributed by atoms with Gasteiger partial charge < -0.3 is 9.47 Å². The number of hydrogen-bond acceptors (Lipinski definition) is 3. The molecule has 0 aliphatic carbocycles. The molecule has 0 aromatic heterocycles. The average Bonchev–Trinajstić information content (AvgIpc) is 2.59. The Morgan fingerprint density at radius 3 is 1.65 bits per heavy atom. The second-order valence-electron chi connectivity index (χ2n) is 5.65. The van der Waals surface area contributed by atoms with Crippen LogP contribution in [0, 0.1) is 0 Å². The molecule has 0 aliphatic heterocycles. The summed E-state index contributed by atoms with van der Waals surface area (Å²) in [4.78, 5) is 12.3. The molecule has 23 heavy (non-hydrogen) atoms. The van der Waals surface area contributed by atoms with Gasteiger partial charge >= 0.3 is 0 Å². The van der Waals surface area contributed by atoms with Gasteiger partial charge in [-0.1, -0.05) is 31.2 Å². The predicted molar refractivity (Wildman–Crippen MR) is 92.4 cm³/mol. The number of rotatable bonds is 7. The van der Waals surface area contributed by atoms with Crippen LogP contribution in [0.2, 0.25) is 0 Å². The fraction of sp³-hybridized carbons (Fsp3) is 0.350. The topological polar surface area (TPSA) is 35.5 Å². The third-order valence-electron chi connectivity index (χ3n) is 4.30. The normalized spacial score (nSPS) is 13.2. The zero-order valence-corrected chi connectivity index (χ0v) is 14.2. The lowest BCUT2D eigenvalue weighted by molar-refractivity contribution is -0.118. The van der Waals surface area contributed by atoms with E-state index in [4.69, 9.17) is 9.47 Å². The van der Waals surface area contributed by atoms with Gasteiger partial charge in [0.15, 0.2) is 0 Å². The number of carbonyl (C=O) groups is 1. The van der Waals surface area contributed by atoms with E-state index in [-0.39, 0.29) is 17.6 Å².